The Hall–Kier alpha value is -1.69. The fourth-order valence-corrected chi connectivity index (χ4v) is 2.14. The fraction of sp³-hybridized carbons (Fsp3) is 0.500. The number of hydrogen-bond donors (Lipinski definition) is 1. The van der Waals surface area contributed by atoms with Crippen molar-refractivity contribution in [1.29, 1.82) is 0 Å². The van der Waals surface area contributed by atoms with Gasteiger partial charge in [0.15, 0.2) is 0 Å². The minimum Gasteiger partial charge on any atom is -0.365 e. The Morgan fingerprint density at radius 2 is 2.17 bits per heavy atom. The molecule has 1 aromatic carbocycles. The molecule has 1 N–H and O–H groups in total. The van der Waals surface area contributed by atoms with Crippen LogP contribution in [0, 0.1) is 22.9 Å². The molecule has 2 rings (SSSR count). The molecule has 0 saturated carbocycles. The highest BCUT2D eigenvalue weighted by Crippen LogP contribution is 2.31. The highest BCUT2D eigenvalue weighted by Gasteiger charge is 2.22. The Morgan fingerprint density at radius 3 is 2.89 bits per heavy atom. The van der Waals surface area contributed by atoms with Crippen LogP contribution in [0.1, 0.15) is 12.0 Å². The van der Waals surface area contributed by atoms with Crippen LogP contribution in [0.4, 0.5) is 15.8 Å². The molecule has 1 heterocycles. The molecule has 0 unspecified atom stereocenters. The first-order valence-electron chi connectivity index (χ1n) is 6.00. The Bertz CT molecular complexity index is 457. The number of halogens is 1. The lowest BCUT2D eigenvalue weighted by Gasteiger charge is -2.22. The van der Waals surface area contributed by atoms with E-state index in [0.717, 1.165) is 32.1 Å². The van der Waals surface area contributed by atoms with E-state index in [-0.39, 0.29) is 5.69 Å². The standard InChI is InChI=1S/C12H16FN3O2/c1-9-7-11(12(16(17)18)8-10(9)13)15-5-2-3-14-4-6-15/h7-8,14H,2-6H2,1H3. The SMILES string of the molecule is Cc1cc(N2CCCNCC2)c([N+](=O)[O-])cc1F. The highest BCUT2D eigenvalue weighted by atomic mass is 19.1. The van der Waals surface area contributed by atoms with Gasteiger partial charge < -0.3 is 10.2 Å². The van der Waals surface area contributed by atoms with Gasteiger partial charge in [0.05, 0.1) is 11.0 Å². The summed E-state index contributed by atoms with van der Waals surface area (Å²) in [7, 11) is 0. The summed E-state index contributed by atoms with van der Waals surface area (Å²) in [4.78, 5) is 12.4. The van der Waals surface area contributed by atoms with Gasteiger partial charge in [-0.2, -0.15) is 0 Å². The van der Waals surface area contributed by atoms with Gasteiger partial charge in [0.2, 0.25) is 0 Å². The van der Waals surface area contributed by atoms with Gasteiger partial charge in [-0.3, -0.25) is 10.1 Å². The molecular formula is C12H16FN3O2. The zero-order valence-corrected chi connectivity index (χ0v) is 10.3. The lowest BCUT2D eigenvalue weighted by atomic mass is 10.1. The van der Waals surface area contributed by atoms with Crippen LogP contribution in [-0.2, 0) is 0 Å². The molecule has 0 spiro atoms. The van der Waals surface area contributed by atoms with Crippen LogP contribution in [0.15, 0.2) is 12.1 Å². The summed E-state index contributed by atoms with van der Waals surface area (Å²) >= 11 is 0. The number of nitrogens with zero attached hydrogens (tertiary/aromatic N) is 2. The summed E-state index contributed by atoms with van der Waals surface area (Å²) in [5.74, 6) is -0.529. The molecule has 1 fully saturated rings. The maximum Gasteiger partial charge on any atom is 0.295 e. The van der Waals surface area contributed by atoms with E-state index in [9.17, 15) is 14.5 Å². The summed E-state index contributed by atoms with van der Waals surface area (Å²) < 4.78 is 13.4. The summed E-state index contributed by atoms with van der Waals surface area (Å²) in [5, 5.41) is 14.2. The van der Waals surface area contributed by atoms with Crippen molar-refractivity contribution in [3.05, 3.63) is 33.6 Å². The Labute approximate surface area is 105 Å². The van der Waals surface area contributed by atoms with E-state index in [1.54, 1.807) is 13.0 Å². The van der Waals surface area contributed by atoms with Crippen LogP contribution in [0.3, 0.4) is 0 Å². The molecule has 0 atom stereocenters. The monoisotopic (exact) mass is 253 g/mol. The third-order valence-corrected chi connectivity index (χ3v) is 3.13. The largest absolute Gasteiger partial charge is 0.365 e. The number of hydrogen-bond acceptors (Lipinski definition) is 4. The fourth-order valence-electron chi connectivity index (χ4n) is 2.14. The van der Waals surface area contributed by atoms with Crippen LogP contribution in [0.5, 0.6) is 0 Å². The molecule has 0 bridgehead atoms. The molecule has 1 aliphatic heterocycles. The predicted octanol–water partition coefficient (Wildman–Crippen LogP) is 1.84. The molecule has 18 heavy (non-hydrogen) atoms. The number of rotatable bonds is 2. The Morgan fingerprint density at radius 1 is 1.39 bits per heavy atom. The van der Waals surface area contributed by atoms with E-state index in [1.807, 2.05) is 4.90 Å². The van der Waals surface area contributed by atoms with Crippen LogP contribution in [0.25, 0.3) is 0 Å². The summed E-state index contributed by atoms with van der Waals surface area (Å²) in [6, 6.07) is 2.59. The molecule has 0 amide bonds. The smallest absolute Gasteiger partial charge is 0.295 e. The quantitative estimate of drug-likeness (QED) is 0.645. The van der Waals surface area contributed by atoms with Gasteiger partial charge in [-0.05, 0) is 31.5 Å². The predicted molar refractivity (Wildman–Crippen MR) is 67.5 cm³/mol. The van der Waals surface area contributed by atoms with Crippen molar-refractivity contribution < 1.29 is 9.31 Å². The van der Waals surface area contributed by atoms with Crippen molar-refractivity contribution in [3.8, 4) is 0 Å². The van der Waals surface area contributed by atoms with Gasteiger partial charge in [0.25, 0.3) is 5.69 Å². The second-order valence-corrected chi connectivity index (χ2v) is 4.44. The van der Waals surface area contributed by atoms with Crippen LogP contribution in [-0.4, -0.2) is 31.1 Å². The topological polar surface area (TPSA) is 58.4 Å². The van der Waals surface area contributed by atoms with Gasteiger partial charge in [-0.25, -0.2) is 4.39 Å². The van der Waals surface area contributed by atoms with E-state index in [4.69, 9.17) is 0 Å². The van der Waals surface area contributed by atoms with Crippen LogP contribution < -0.4 is 10.2 Å². The molecule has 6 heteroatoms. The lowest BCUT2D eigenvalue weighted by molar-refractivity contribution is -0.384. The second kappa shape index (κ2) is 5.30. The van der Waals surface area contributed by atoms with E-state index in [2.05, 4.69) is 5.32 Å². The molecule has 0 aromatic heterocycles. The first-order chi connectivity index (χ1) is 8.59. The first-order valence-corrected chi connectivity index (χ1v) is 6.00. The van der Waals surface area contributed by atoms with Gasteiger partial charge in [0.1, 0.15) is 11.5 Å². The third kappa shape index (κ3) is 2.59. The minimum absolute atomic E-state index is 0.153. The maximum absolute atomic E-state index is 13.4. The molecule has 0 aliphatic carbocycles. The van der Waals surface area contributed by atoms with Crippen molar-refractivity contribution >= 4 is 11.4 Å². The summed E-state index contributed by atoms with van der Waals surface area (Å²) in [6.07, 6.45) is 0.924. The van der Waals surface area contributed by atoms with Gasteiger partial charge in [-0.15, -0.1) is 0 Å². The number of benzene rings is 1. The van der Waals surface area contributed by atoms with Gasteiger partial charge in [-0.1, -0.05) is 0 Å². The van der Waals surface area contributed by atoms with Gasteiger partial charge in [0, 0.05) is 19.6 Å². The lowest BCUT2D eigenvalue weighted by Crippen LogP contribution is -2.28. The van der Waals surface area contributed by atoms with Crippen LogP contribution >= 0.6 is 0 Å². The number of nitro benzene ring substituents is 1. The summed E-state index contributed by atoms with van der Waals surface area (Å²) in [5.41, 5.74) is 0.801. The molecular weight excluding hydrogens is 237 g/mol. The van der Waals surface area contributed by atoms with E-state index in [0.29, 0.717) is 17.8 Å². The number of aryl methyl sites for hydroxylation is 1. The number of nitrogens with one attached hydrogen (secondary N) is 1. The third-order valence-electron chi connectivity index (χ3n) is 3.13. The van der Waals surface area contributed by atoms with Crippen molar-refractivity contribution in [2.75, 3.05) is 31.1 Å². The van der Waals surface area contributed by atoms with Gasteiger partial charge >= 0.3 is 0 Å². The van der Waals surface area contributed by atoms with E-state index >= 15 is 0 Å². The molecule has 98 valence electrons. The molecule has 1 aromatic rings. The average molecular weight is 253 g/mol. The number of anilines is 1. The highest BCUT2D eigenvalue weighted by molar-refractivity contribution is 5.64. The first kappa shape index (κ1) is 12.8. The zero-order valence-electron chi connectivity index (χ0n) is 10.3. The Kier molecular flexibility index (Phi) is 3.76. The van der Waals surface area contributed by atoms with Crippen molar-refractivity contribution in [2.24, 2.45) is 0 Å². The van der Waals surface area contributed by atoms with Crippen molar-refractivity contribution in [3.63, 3.8) is 0 Å². The normalized spacial score (nSPS) is 16.4. The molecule has 0 radical (unpaired) electrons. The second-order valence-electron chi connectivity index (χ2n) is 4.44. The van der Waals surface area contributed by atoms with E-state index < -0.39 is 10.7 Å². The van der Waals surface area contributed by atoms with Crippen molar-refractivity contribution in [2.45, 2.75) is 13.3 Å². The average Bonchev–Trinajstić information content (AvgIpc) is 2.60. The molecule has 1 saturated heterocycles. The maximum atomic E-state index is 13.4. The Balaban J connectivity index is 2.40. The minimum atomic E-state index is -0.529. The zero-order chi connectivity index (χ0) is 13.1. The summed E-state index contributed by atoms with van der Waals surface area (Å²) in [6.45, 7) is 4.77. The number of nitro groups is 1. The molecule has 5 nitrogen and oxygen atoms in total. The molecule has 1 aliphatic rings. The van der Waals surface area contributed by atoms with Crippen molar-refractivity contribution in [1.82, 2.24) is 5.32 Å². The van der Waals surface area contributed by atoms with Crippen LogP contribution in [0.2, 0.25) is 0 Å². The van der Waals surface area contributed by atoms with E-state index in [1.165, 1.54) is 0 Å².